The van der Waals surface area contributed by atoms with Gasteiger partial charge in [-0.05, 0) is 0 Å². The van der Waals surface area contributed by atoms with Crippen LogP contribution in [0.2, 0.25) is 0 Å². The third-order valence-corrected chi connectivity index (χ3v) is 3.77. The number of carbonyl (C=O) groups excluding carboxylic acids is 2. The average Bonchev–Trinajstić information content (AvgIpc) is 2.58. The number of hydrogen-bond acceptors (Lipinski definition) is 2. The van der Waals surface area contributed by atoms with Crippen LogP contribution in [0.3, 0.4) is 0 Å². The second-order valence-corrected chi connectivity index (χ2v) is 5.25. The van der Waals surface area contributed by atoms with Gasteiger partial charge in [0.1, 0.15) is 0 Å². The van der Waals surface area contributed by atoms with Crippen molar-refractivity contribution < 1.29 is 49.1 Å². The first-order valence-corrected chi connectivity index (χ1v) is 5.93. The van der Waals surface area contributed by atoms with E-state index in [0.717, 1.165) is 0 Å². The number of imide groups is 1. The normalized spacial score (nSPS) is 19.2. The molecule has 0 aromatic rings. The van der Waals surface area contributed by atoms with Crippen molar-refractivity contribution in [3.05, 3.63) is 0 Å². The number of carbonyl (C=O) groups is 2. The second-order valence-electron chi connectivity index (χ2n) is 3.96. The summed E-state index contributed by atoms with van der Waals surface area (Å²) in [7, 11) is -2.85. The Morgan fingerprint density at radius 2 is 1.14 bits per heavy atom. The van der Waals surface area contributed by atoms with E-state index >= 15 is 0 Å². The Labute approximate surface area is 112 Å². The molecule has 1 atom stereocenters. The lowest BCUT2D eigenvalue weighted by molar-refractivity contribution is -0.382. The molecule has 3 nitrogen and oxygen atoms in total. The van der Waals surface area contributed by atoms with Crippen molar-refractivity contribution in [2.24, 2.45) is 0 Å². The molecule has 0 N–H and O–H groups in total. The van der Waals surface area contributed by atoms with Gasteiger partial charge in [-0.1, -0.05) is 0 Å². The van der Waals surface area contributed by atoms with E-state index in [4.69, 9.17) is 0 Å². The summed E-state index contributed by atoms with van der Waals surface area (Å²) in [5, 5.41) is 0. The van der Waals surface area contributed by atoms with Gasteiger partial charge in [-0.2, -0.15) is 39.5 Å². The SMILES string of the molecule is O=C1CCC(=O)N1PC(F)(F)C(F)(F)C(F)(F)C(F)(F)F. The van der Waals surface area contributed by atoms with E-state index in [-0.39, 0.29) is 0 Å². The maximum absolute atomic E-state index is 13.2. The zero-order chi connectivity index (χ0) is 16.9. The van der Waals surface area contributed by atoms with Crippen LogP contribution in [-0.4, -0.2) is 40.2 Å². The quantitative estimate of drug-likeness (QED) is 0.444. The summed E-state index contributed by atoms with van der Waals surface area (Å²) in [5.41, 5.74) is -5.93. The zero-order valence-electron chi connectivity index (χ0n) is 9.58. The summed E-state index contributed by atoms with van der Waals surface area (Å²) in [6.45, 7) is 0. The molecule has 1 saturated heterocycles. The molecule has 0 aromatic heterocycles. The summed E-state index contributed by atoms with van der Waals surface area (Å²) in [4.78, 5) is 21.9. The predicted octanol–water partition coefficient (Wildman–Crippen LogP) is 3.15. The molecular weight excluding hydrogens is 344 g/mol. The summed E-state index contributed by atoms with van der Waals surface area (Å²) in [6, 6.07) is 0. The molecule has 0 aliphatic carbocycles. The highest BCUT2D eigenvalue weighted by molar-refractivity contribution is 7.38. The van der Waals surface area contributed by atoms with Gasteiger partial charge in [-0.15, -0.1) is 0 Å². The van der Waals surface area contributed by atoms with E-state index in [0.29, 0.717) is 0 Å². The van der Waals surface area contributed by atoms with Crippen LogP contribution >= 0.6 is 8.73 Å². The minimum atomic E-state index is -7.03. The van der Waals surface area contributed by atoms with Crippen molar-refractivity contribution in [3.63, 3.8) is 0 Å². The number of alkyl halides is 9. The molecule has 1 fully saturated rings. The topological polar surface area (TPSA) is 37.4 Å². The number of hydrogen-bond donors (Lipinski definition) is 0. The molecule has 2 amide bonds. The molecule has 0 bridgehead atoms. The van der Waals surface area contributed by atoms with E-state index in [1.54, 1.807) is 0 Å². The Bertz CT molecular complexity index is 445. The molecule has 1 aliphatic heterocycles. The van der Waals surface area contributed by atoms with Crippen molar-refractivity contribution in [2.45, 2.75) is 36.5 Å². The number of rotatable bonds is 4. The van der Waals surface area contributed by atoms with E-state index in [2.05, 4.69) is 0 Å². The fourth-order valence-electron chi connectivity index (χ4n) is 1.29. The van der Waals surface area contributed by atoms with Crippen molar-refractivity contribution in [2.75, 3.05) is 0 Å². The standard InChI is InChI=1S/C8H5F9NO2P/c9-5(10,7(13,14)15)6(11,12)8(16,17)21-18-3(19)1-2-4(18)20/h21H,1-2H2. The Kier molecular flexibility index (Phi) is 4.28. The molecule has 1 heterocycles. The third kappa shape index (κ3) is 2.82. The van der Waals surface area contributed by atoms with Crippen LogP contribution in [0, 0.1) is 0 Å². The summed E-state index contributed by atoms with van der Waals surface area (Å²) < 4.78 is 112. The van der Waals surface area contributed by atoms with Gasteiger partial charge in [0.15, 0.2) is 0 Å². The zero-order valence-corrected chi connectivity index (χ0v) is 10.6. The average molecular weight is 349 g/mol. The van der Waals surface area contributed by atoms with Crippen molar-refractivity contribution in [3.8, 4) is 0 Å². The molecule has 0 aromatic carbocycles. The smallest absolute Gasteiger partial charge is 0.274 e. The first-order valence-electron chi connectivity index (χ1n) is 4.99. The molecule has 122 valence electrons. The molecule has 0 radical (unpaired) electrons. The molecule has 13 heteroatoms. The van der Waals surface area contributed by atoms with Gasteiger partial charge in [-0.3, -0.25) is 14.3 Å². The predicted molar refractivity (Wildman–Crippen MR) is 50.3 cm³/mol. The first kappa shape index (κ1) is 18.0. The highest BCUT2D eigenvalue weighted by Crippen LogP contribution is 2.59. The highest BCUT2D eigenvalue weighted by Gasteiger charge is 2.82. The van der Waals surface area contributed by atoms with Gasteiger partial charge in [0.2, 0.25) is 11.8 Å². The molecule has 0 spiro atoms. The van der Waals surface area contributed by atoms with Crippen LogP contribution in [0.1, 0.15) is 12.8 Å². The Morgan fingerprint density at radius 1 is 0.762 bits per heavy atom. The maximum atomic E-state index is 13.2. The monoisotopic (exact) mass is 349 g/mol. The molecule has 1 unspecified atom stereocenters. The van der Waals surface area contributed by atoms with Crippen LogP contribution in [-0.2, 0) is 9.59 Å². The Morgan fingerprint density at radius 3 is 1.48 bits per heavy atom. The molecule has 21 heavy (non-hydrogen) atoms. The van der Waals surface area contributed by atoms with Gasteiger partial charge >= 0.3 is 23.7 Å². The van der Waals surface area contributed by atoms with Crippen LogP contribution in [0.4, 0.5) is 39.5 Å². The van der Waals surface area contributed by atoms with E-state index < -0.39 is 61.7 Å². The molecule has 1 aliphatic rings. The summed E-state index contributed by atoms with van der Waals surface area (Å²) in [5.74, 6) is -16.5. The minimum Gasteiger partial charge on any atom is -0.274 e. The first-order chi connectivity index (χ1) is 9.15. The second kappa shape index (κ2) is 4.99. The van der Waals surface area contributed by atoms with E-state index in [1.165, 1.54) is 0 Å². The van der Waals surface area contributed by atoms with Crippen LogP contribution in [0.5, 0.6) is 0 Å². The number of halogens is 9. The third-order valence-electron chi connectivity index (χ3n) is 2.45. The summed E-state index contributed by atoms with van der Waals surface area (Å²) in [6.07, 6.45) is -8.14. The van der Waals surface area contributed by atoms with Gasteiger partial charge in [-0.25, -0.2) is 0 Å². The molecule has 0 saturated carbocycles. The summed E-state index contributed by atoms with van der Waals surface area (Å²) >= 11 is 0. The van der Waals surface area contributed by atoms with Crippen molar-refractivity contribution in [1.29, 1.82) is 0 Å². The highest BCUT2D eigenvalue weighted by atomic mass is 31.1. The molecule has 1 rings (SSSR count). The lowest BCUT2D eigenvalue weighted by Gasteiger charge is -2.34. The Balaban J connectivity index is 3.10. The molecular formula is C8H5F9NO2P. The van der Waals surface area contributed by atoms with Gasteiger partial charge in [0, 0.05) is 12.8 Å². The lowest BCUT2D eigenvalue weighted by atomic mass is 10.1. The van der Waals surface area contributed by atoms with Crippen molar-refractivity contribution >= 4 is 20.5 Å². The van der Waals surface area contributed by atoms with E-state index in [9.17, 15) is 49.1 Å². The fourth-order valence-corrected chi connectivity index (χ4v) is 2.34. The van der Waals surface area contributed by atoms with Gasteiger partial charge in [0.25, 0.3) is 0 Å². The van der Waals surface area contributed by atoms with Gasteiger partial charge in [0.05, 0.1) is 8.73 Å². The lowest BCUT2D eigenvalue weighted by Crippen LogP contribution is -2.60. The van der Waals surface area contributed by atoms with Crippen molar-refractivity contribution in [1.82, 2.24) is 4.67 Å². The number of amides is 2. The Hall–Kier alpha value is -1.06. The van der Waals surface area contributed by atoms with Crippen LogP contribution < -0.4 is 0 Å². The van der Waals surface area contributed by atoms with Crippen LogP contribution in [0.25, 0.3) is 0 Å². The fraction of sp³-hybridized carbons (Fsp3) is 0.750. The largest absolute Gasteiger partial charge is 0.460 e. The van der Waals surface area contributed by atoms with E-state index in [1.807, 2.05) is 0 Å². The number of nitrogens with zero attached hydrogens (tertiary/aromatic N) is 1. The maximum Gasteiger partial charge on any atom is 0.460 e. The van der Waals surface area contributed by atoms with Crippen LogP contribution in [0.15, 0.2) is 0 Å². The minimum absolute atomic E-state index is 0.430. The van der Waals surface area contributed by atoms with Gasteiger partial charge < -0.3 is 0 Å².